The number of hydrogen-bond acceptors (Lipinski definition) is 1. The molecule has 128 valence electrons. The Morgan fingerprint density at radius 2 is 1.88 bits per heavy atom. The van der Waals surface area contributed by atoms with E-state index in [0.29, 0.717) is 12.5 Å². The van der Waals surface area contributed by atoms with Crippen LogP contribution in [-0.4, -0.2) is 12.5 Å². The predicted octanol–water partition coefficient (Wildman–Crippen LogP) is 3.80. The van der Waals surface area contributed by atoms with E-state index in [2.05, 4.69) is 35.1 Å². The lowest BCUT2D eigenvalue weighted by molar-refractivity contribution is -0.692. The molecule has 0 fully saturated rings. The fourth-order valence-electron chi connectivity index (χ4n) is 2.68. The van der Waals surface area contributed by atoms with Crippen LogP contribution in [0.2, 0.25) is 0 Å². The first-order chi connectivity index (χ1) is 11.4. The minimum Gasteiger partial charge on any atom is -0.332 e. The second-order valence-corrected chi connectivity index (χ2v) is 7.18. The van der Waals surface area contributed by atoms with Crippen molar-refractivity contribution in [2.75, 3.05) is 11.9 Å². The minimum absolute atomic E-state index is 0.0480. The first kappa shape index (κ1) is 18.6. The highest BCUT2D eigenvalue weighted by Gasteiger charge is 2.20. The van der Waals surface area contributed by atoms with Crippen LogP contribution >= 0.6 is 15.9 Å². The fraction of sp³-hybridized carbons (Fsp3) is 0.316. The highest BCUT2D eigenvalue weighted by molar-refractivity contribution is 9.10. The van der Waals surface area contributed by atoms with E-state index in [4.69, 9.17) is 0 Å². The van der Waals surface area contributed by atoms with Gasteiger partial charge in [0.05, 0.1) is 0 Å². The molecule has 1 atom stereocenters. The van der Waals surface area contributed by atoms with Crippen molar-refractivity contribution in [3.05, 3.63) is 63.9 Å². The summed E-state index contributed by atoms with van der Waals surface area (Å²) in [6, 6.07) is 12.4. The molecule has 0 aromatic heterocycles. The number of nitrogens with two attached hydrogens (primary N) is 1. The number of hydrogen-bond donors (Lipinski definition) is 2. The lowest BCUT2D eigenvalue weighted by Crippen LogP contribution is -2.88. The van der Waals surface area contributed by atoms with Crippen molar-refractivity contribution in [1.29, 1.82) is 0 Å². The van der Waals surface area contributed by atoms with Gasteiger partial charge in [0, 0.05) is 21.6 Å². The number of carbonyl (C=O) groups is 1. The predicted molar refractivity (Wildman–Crippen MR) is 98.3 cm³/mol. The van der Waals surface area contributed by atoms with Gasteiger partial charge in [0.15, 0.2) is 6.54 Å². The average molecular weight is 394 g/mol. The van der Waals surface area contributed by atoms with Crippen LogP contribution in [0, 0.1) is 18.7 Å². The molecule has 0 bridgehead atoms. The summed E-state index contributed by atoms with van der Waals surface area (Å²) < 4.78 is 14.1. The molecule has 0 saturated heterocycles. The van der Waals surface area contributed by atoms with Gasteiger partial charge in [-0.2, -0.15) is 0 Å². The van der Waals surface area contributed by atoms with Gasteiger partial charge in [-0.15, -0.1) is 0 Å². The third-order valence-corrected chi connectivity index (χ3v) is 4.49. The monoisotopic (exact) mass is 393 g/mol. The highest BCUT2D eigenvalue weighted by Crippen LogP contribution is 2.20. The van der Waals surface area contributed by atoms with E-state index in [9.17, 15) is 9.18 Å². The van der Waals surface area contributed by atoms with Crippen LogP contribution in [-0.2, 0) is 4.79 Å². The standard InChI is InChI=1S/C19H22BrFN2O/c1-12(2)19(14-4-7-16(21)8-5-14)22-11-18(24)23-17-9-6-15(20)10-13(17)3/h4-10,12,19,22H,11H2,1-3H3,(H,23,24)/p+1/t19-/m0/s1. The van der Waals surface area contributed by atoms with E-state index in [1.165, 1.54) is 12.1 Å². The quantitative estimate of drug-likeness (QED) is 0.770. The number of benzene rings is 2. The number of rotatable bonds is 6. The van der Waals surface area contributed by atoms with Crippen LogP contribution in [0.5, 0.6) is 0 Å². The molecule has 0 unspecified atom stereocenters. The number of anilines is 1. The first-order valence-corrected chi connectivity index (χ1v) is 8.81. The zero-order chi connectivity index (χ0) is 17.7. The molecule has 24 heavy (non-hydrogen) atoms. The number of amides is 1. The lowest BCUT2D eigenvalue weighted by Gasteiger charge is -2.19. The summed E-state index contributed by atoms with van der Waals surface area (Å²) in [7, 11) is 0. The Bertz CT molecular complexity index is 701. The molecule has 0 aliphatic carbocycles. The molecule has 0 aliphatic heterocycles. The number of aryl methyl sites for hydroxylation is 1. The zero-order valence-electron chi connectivity index (χ0n) is 14.1. The van der Waals surface area contributed by atoms with E-state index < -0.39 is 0 Å². The maximum absolute atomic E-state index is 13.1. The zero-order valence-corrected chi connectivity index (χ0v) is 15.7. The van der Waals surface area contributed by atoms with Crippen molar-refractivity contribution in [2.45, 2.75) is 26.8 Å². The molecule has 3 nitrogen and oxygen atoms in total. The summed E-state index contributed by atoms with van der Waals surface area (Å²) in [4.78, 5) is 12.2. The van der Waals surface area contributed by atoms with E-state index in [0.717, 1.165) is 21.3 Å². The molecule has 2 aromatic carbocycles. The van der Waals surface area contributed by atoms with Gasteiger partial charge in [0.1, 0.15) is 11.9 Å². The van der Waals surface area contributed by atoms with Gasteiger partial charge >= 0.3 is 0 Å². The van der Waals surface area contributed by atoms with Gasteiger partial charge in [0.2, 0.25) is 0 Å². The third kappa shape index (κ3) is 5.14. The third-order valence-electron chi connectivity index (χ3n) is 3.99. The maximum Gasteiger partial charge on any atom is 0.279 e. The molecule has 0 saturated carbocycles. The van der Waals surface area contributed by atoms with Crippen molar-refractivity contribution in [2.24, 2.45) is 5.92 Å². The molecule has 1 amide bonds. The SMILES string of the molecule is Cc1cc(Br)ccc1NC(=O)C[NH2+][C@H](c1ccc(F)cc1)C(C)C. The van der Waals surface area contributed by atoms with Gasteiger partial charge in [0.25, 0.3) is 5.91 Å². The van der Waals surface area contributed by atoms with Crippen LogP contribution < -0.4 is 10.6 Å². The molecular formula is C19H23BrFN2O+. The lowest BCUT2D eigenvalue weighted by atomic mass is 9.96. The fourth-order valence-corrected chi connectivity index (χ4v) is 3.16. The molecule has 0 spiro atoms. The van der Waals surface area contributed by atoms with E-state index in [-0.39, 0.29) is 17.8 Å². The van der Waals surface area contributed by atoms with Crippen LogP contribution in [0.25, 0.3) is 0 Å². The maximum atomic E-state index is 13.1. The molecule has 0 radical (unpaired) electrons. The van der Waals surface area contributed by atoms with Gasteiger partial charge in [-0.1, -0.05) is 41.9 Å². The molecule has 3 N–H and O–H groups in total. The van der Waals surface area contributed by atoms with Crippen molar-refractivity contribution >= 4 is 27.5 Å². The van der Waals surface area contributed by atoms with Gasteiger partial charge in [-0.3, -0.25) is 4.79 Å². The van der Waals surface area contributed by atoms with Gasteiger partial charge in [-0.25, -0.2) is 4.39 Å². The van der Waals surface area contributed by atoms with Gasteiger partial charge in [-0.05, 0) is 42.8 Å². The Morgan fingerprint density at radius 3 is 2.46 bits per heavy atom. The molecule has 0 aliphatic rings. The molecular weight excluding hydrogens is 371 g/mol. The number of nitrogens with one attached hydrogen (secondary N) is 1. The first-order valence-electron chi connectivity index (χ1n) is 8.01. The topological polar surface area (TPSA) is 45.7 Å². The van der Waals surface area contributed by atoms with Crippen molar-refractivity contribution in [1.82, 2.24) is 0 Å². The van der Waals surface area contributed by atoms with Crippen LogP contribution in [0.15, 0.2) is 46.9 Å². The summed E-state index contributed by atoms with van der Waals surface area (Å²) in [5.74, 6) is 0.0376. The smallest absolute Gasteiger partial charge is 0.279 e. The summed E-state index contributed by atoms with van der Waals surface area (Å²) in [6.07, 6.45) is 0. The van der Waals surface area contributed by atoms with E-state index in [1.54, 1.807) is 12.1 Å². The normalized spacial score (nSPS) is 12.2. The van der Waals surface area contributed by atoms with Crippen molar-refractivity contribution in [3.8, 4) is 0 Å². The summed E-state index contributed by atoms with van der Waals surface area (Å²) >= 11 is 3.41. The molecule has 2 rings (SSSR count). The van der Waals surface area contributed by atoms with E-state index in [1.807, 2.05) is 30.4 Å². The van der Waals surface area contributed by atoms with Crippen LogP contribution in [0.4, 0.5) is 10.1 Å². The van der Waals surface area contributed by atoms with Crippen LogP contribution in [0.1, 0.15) is 31.0 Å². The largest absolute Gasteiger partial charge is 0.332 e. The van der Waals surface area contributed by atoms with Crippen LogP contribution in [0.3, 0.4) is 0 Å². The number of quaternary nitrogens is 1. The summed E-state index contributed by atoms with van der Waals surface area (Å²) in [5, 5.41) is 4.94. The summed E-state index contributed by atoms with van der Waals surface area (Å²) in [5.41, 5.74) is 2.86. The molecule has 2 aromatic rings. The molecule has 0 heterocycles. The molecule has 5 heteroatoms. The second-order valence-electron chi connectivity index (χ2n) is 6.27. The Balaban J connectivity index is 1.98. The number of halogens is 2. The average Bonchev–Trinajstić information content (AvgIpc) is 2.52. The highest BCUT2D eigenvalue weighted by atomic mass is 79.9. The van der Waals surface area contributed by atoms with Gasteiger partial charge < -0.3 is 10.6 Å². The Labute approximate surface area is 150 Å². The van der Waals surface area contributed by atoms with Crippen molar-refractivity contribution < 1.29 is 14.5 Å². The number of carbonyl (C=O) groups excluding carboxylic acids is 1. The van der Waals surface area contributed by atoms with Crippen molar-refractivity contribution in [3.63, 3.8) is 0 Å². The Hall–Kier alpha value is -1.72. The second kappa shape index (κ2) is 8.40. The minimum atomic E-state index is -0.246. The summed E-state index contributed by atoms with van der Waals surface area (Å²) in [6.45, 7) is 6.47. The Kier molecular flexibility index (Phi) is 6.52. The Morgan fingerprint density at radius 1 is 1.21 bits per heavy atom. The van der Waals surface area contributed by atoms with E-state index >= 15 is 0 Å².